The second-order valence-corrected chi connectivity index (χ2v) is 6.88. The lowest BCUT2D eigenvalue weighted by Gasteiger charge is -2.12. The molecule has 0 unspecified atom stereocenters. The van der Waals surface area contributed by atoms with Gasteiger partial charge in [0.1, 0.15) is 0 Å². The van der Waals surface area contributed by atoms with Gasteiger partial charge in [0.2, 0.25) is 0 Å². The Hall–Kier alpha value is -2.83. The Morgan fingerprint density at radius 2 is 2.04 bits per heavy atom. The van der Waals surface area contributed by atoms with Crippen molar-refractivity contribution in [1.29, 1.82) is 0 Å². The van der Waals surface area contributed by atoms with E-state index in [1.807, 2.05) is 30.3 Å². The number of guanidine groups is 1. The number of benzene rings is 1. The summed E-state index contributed by atoms with van der Waals surface area (Å²) in [4.78, 5) is 17.9. The summed E-state index contributed by atoms with van der Waals surface area (Å²) in [5.74, 6) is 1.82. The predicted octanol–water partition coefficient (Wildman–Crippen LogP) is 2.41. The number of hydrogen-bond donors (Lipinski definition) is 2. The second-order valence-electron chi connectivity index (χ2n) is 6.88. The Labute approximate surface area is 160 Å². The van der Waals surface area contributed by atoms with E-state index in [0.29, 0.717) is 30.5 Å². The van der Waals surface area contributed by atoms with Gasteiger partial charge in [0.15, 0.2) is 11.7 Å². The lowest BCUT2D eigenvalue weighted by atomic mass is 10.1. The standard InChI is InChI=1S/C20H29N5O2/c1-14(2)18-12-17(27-24-18)13-23-20(21-3)22-10-9-15-7-6-8-16(11-15)19(26)25(4)5/h6-8,11-12,14H,9-10,13H2,1-5H3,(H2,21,22,23). The number of carbonyl (C=O) groups excluding carboxylic acids is 1. The molecule has 0 aliphatic rings. The molecule has 1 aromatic carbocycles. The van der Waals surface area contributed by atoms with E-state index in [0.717, 1.165) is 23.4 Å². The van der Waals surface area contributed by atoms with Gasteiger partial charge in [0.25, 0.3) is 5.91 Å². The number of aliphatic imine (C=N–C) groups is 1. The minimum Gasteiger partial charge on any atom is -0.359 e. The Balaban J connectivity index is 1.82. The van der Waals surface area contributed by atoms with Crippen LogP contribution in [-0.4, -0.2) is 49.6 Å². The van der Waals surface area contributed by atoms with E-state index in [-0.39, 0.29) is 5.91 Å². The molecule has 1 amide bonds. The minimum absolute atomic E-state index is 0.00936. The van der Waals surface area contributed by atoms with E-state index < -0.39 is 0 Å². The van der Waals surface area contributed by atoms with Crippen LogP contribution in [0.25, 0.3) is 0 Å². The first-order valence-corrected chi connectivity index (χ1v) is 9.11. The fourth-order valence-corrected chi connectivity index (χ4v) is 2.52. The molecule has 0 aliphatic carbocycles. The number of nitrogens with one attached hydrogen (secondary N) is 2. The van der Waals surface area contributed by atoms with Gasteiger partial charge in [-0.25, -0.2) is 0 Å². The third-order valence-electron chi connectivity index (χ3n) is 4.11. The summed E-state index contributed by atoms with van der Waals surface area (Å²) in [5, 5.41) is 10.5. The number of hydrogen-bond acceptors (Lipinski definition) is 4. The van der Waals surface area contributed by atoms with E-state index in [1.54, 1.807) is 26.0 Å². The van der Waals surface area contributed by atoms with Crippen molar-refractivity contribution in [1.82, 2.24) is 20.7 Å². The highest BCUT2D eigenvalue weighted by molar-refractivity contribution is 5.94. The molecule has 2 N–H and O–H groups in total. The lowest BCUT2D eigenvalue weighted by Crippen LogP contribution is -2.37. The molecule has 1 aromatic heterocycles. The van der Waals surface area contributed by atoms with Crippen LogP contribution in [0.2, 0.25) is 0 Å². The van der Waals surface area contributed by atoms with Crippen LogP contribution in [0.1, 0.15) is 47.1 Å². The normalized spacial score (nSPS) is 11.6. The maximum Gasteiger partial charge on any atom is 0.253 e. The summed E-state index contributed by atoms with van der Waals surface area (Å²) in [6, 6.07) is 9.66. The Morgan fingerprint density at radius 3 is 2.67 bits per heavy atom. The average Bonchev–Trinajstić information content (AvgIpc) is 3.13. The first kappa shape index (κ1) is 20.5. The van der Waals surface area contributed by atoms with Crippen molar-refractivity contribution in [2.75, 3.05) is 27.7 Å². The number of nitrogens with zero attached hydrogens (tertiary/aromatic N) is 3. The summed E-state index contributed by atoms with van der Waals surface area (Å²) in [6.45, 7) is 5.38. The van der Waals surface area contributed by atoms with Crippen LogP contribution in [0.3, 0.4) is 0 Å². The molecule has 0 radical (unpaired) electrons. The molecule has 0 saturated heterocycles. The van der Waals surface area contributed by atoms with Crippen LogP contribution >= 0.6 is 0 Å². The largest absolute Gasteiger partial charge is 0.359 e. The van der Waals surface area contributed by atoms with Crippen LogP contribution in [0.5, 0.6) is 0 Å². The monoisotopic (exact) mass is 371 g/mol. The van der Waals surface area contributed by atoms with Crippen LogP contribution in [0.4, 0.5) is 0 Å². The van der Waals surface area contributed by atoms with E-state index >= 15 is 0 Å². The molecule has 27 heavy (non-hydrogen) atoms. The fourth-order valence-electron chi connectivity index (χ4n) is 2.52. The highest BCUT2D eigenvalue weighted by atomic mass is 16.5. The van der Waals surface area contributed by atoms with E-state index in [4.69, 9.17) is 4.52 Å². The summed E-state index contributed by atoms with van der Waals surface area (Å²) in [5.41, 5.74) is 2.75. The molecular weight excluding hydrogens is 342 g/mol. The van der Waals surface area contributed by atoms with Crippen LogP contribution < -0.4 is 10.6 Å². The summed E-state index contributed by atoms with van der Waals surface area (Å²) >= 11 is 0. The average molecular weight is 371 g/mol. The van der Waals surface area contributed by atoms with Crippen molar-refractivity contribution in [3.05, 3.63) is 52.9 Å². The number of carbonyl (C=O) groups is 1. The Bertz CT molecular complexity index is 780. The summed E-state index contributed by atoms with van der Waals surface area (Å²) < 4.78 is 5.32. The Morgan fingerprint density at radius 1 is 1.26 bits per heavy atom. The van der Waals surface area contributed by atoms with Gasteiger partial charge >= 0.3 is 0 Å². The van der Waals surface area contributed by atoms with Crippen molar-refractivity contribution >= 4 is 11.9 Å². The van der Waals surface area contributed by atoms with Crippen molar-refractivity contribution in [2.24, 2.45) is 4.99 Å². The van der Waals surface area contributed by atoms with Gasteiger partial charge in [-0.15, -0.1) is 0 Å². The number of amides is 1. The quantitative estimate of drug-likeness (QED) is 0.577. The topological polar surface area (TPSA) is 82.8 Å². The highest BCUT2D eigenvalue weighted by Gasteiger charge is 2.09. The Kier molecular flexibility index (Phi) is 7.40. The van der Waals surface area contributed by atoms with Gasteiger partial charge in [-0.3, -0.25) is 9.79 Å². The maximum absolute atomic E-state index is 12.1. The third kappa shape index (κ3) is 6.13. The van der Waals surface area contributed by atoms with Gasteiger partial charge in [-0.05, 0) is 30.0 Å². The SMILES string of the molecule is CN=C(NCCc1cccc(C(=O)N(C)C)c1)NCc1cc(C(C)C)no1. The zero-order chi connectivity index (χ0) is 19.8. The molecule has 7 heteroatoms. The molecule has 2 rings (SSSR count). The van der Waals surface area contributed by atoms with E-state index in [1.165, 1.54) is 0 Å². The van der Waals surface area contributed by atoms with Crippen LogP contribution in [0, 0.1) is 0 Å². The van der Waals surface area contributed by atoms with Crippen molar-refractivity contribution < 1.29 is 9.32 Å². The molecule has 7 nitrogen and oxygen atoms in total. The highest BCUT2D eigenvalue weighted by Crippen LogP contribution is 2.13. The number of rotatable bonds is 7. The fraction of sp³-hybridized carbons (Fsp3) is 0.450. The number of aromatic nitrogens is 1. The van der Waals surface area contributed by atoms with Gasteiger partial charge in [0.05, 0.1) is 12.2 Å². The molecule has 0 spiro atoms. The first-order valence-electron chi connectivity index (χ1n) is 9.11. The summed E-state index contributed by atoms with van der Waals surface area (Å²) in [6.07, 6.45) is 0.787. The van der Waals surface area contributed by atoms with E-state index in [9.17, 15) is 4.79 Å². The summed E-state index contributed by atoms with van der Waals surface area (Å²) in [7, 11) is 5.24. The van der Waals surface area contributed by atoms with Crippen LogP contribution in [0.15, 0.2) is 39.8 Å². The first-order chi connectivity index (χ1) is 12.9. The van der Waals surface area contributed by atoms with Crippen molar-refractivity contribution in [2.45, 2.75) is 32.7 Å². The van der Waals surface area contributed by atoms with Gasteiger partial charge in [0, 0.05) is 39.3 Å². The molecule has 2 aromatic rings. The zero-order valence-electron chi connectivity index (χ0n) is 16.7. The van der Waals surface area contributed by atoms with Crippen molar-refractivity contribution in [3.8, 4) is 0 Å². The van der Waals surface area contributed by atoms with Crippen molar-refractivity contribution in [3.63, 3.8) is 0 Å². The van der Waals surface area contributed by atoms with Crippen LogP contribution in [-0.2, 0) is 13.0 Å². The van der Waals surface area contributed by atoms with Gasteiger partial charge < -0.3 is 20.1 Å². The molecule has 0 atom stereocenters. The molecule has 0 aliphatic heterocycles. The molecular formula is C20H29N5O2. The van der Waals surface area contributed by atoms with Gasteiger partial charge in [-0.2, -0.15) is 0 Å². The van der Waals surface area contributed by atoms with E-state index in [2.05, 4.69) is 34.6 Å². The molecule has 0 fully saturated rings. The maximum atomic E-state index is 12.1. The minimum atomic E-state index is 0.00936. The lowest BCUT2D eigenvalue weighted by molar-refractivity contribution is 0.0827. The molecule has 0 saturated carbocycles. The smallest absolute Gasteiger partial charge is 0.253 e. The predicted molar refractivity (Wildman–Crippen MR) is 107 cm³/mol. The molecule has 1 heterocycles. The third-order valence-corrected chi connectivity index (χ3v) is 4.11. The zero-order valence-corrected chi connectivity index (χ0v) is 16.7. The molecule has 146 valence electrons. The van der Waals surface area contributed by atoms with Gasteiger partial charge in [-0.1, -0.05) is 31.1 Å². The molecule has 0 bridgehead atoms. The second kappa shape index (κ2) is 9.75.